The number of halogens is 1. The van der Waals surface area contributed by atoms with Crippen molar-refractivity contribution in [2.75, 3.05) is 30.3 Å². The molecule has 144 valence electrons. The van der Waals surface area contributed by atoms with Gasteiger partial charge in [0, 0.05) is 29.8 Å². The van der Waals surface area contributed by atoms with E-state index in [0.29, 0.717) is 22.9 Å². The van der Waals surface area contributed by atoms with Crippen molar-refractivity contribution in [3.05, 3.63) is 34.9 Å². The highest BCUT2D eigenvalue weighted by Gasteiger charge is 2.42. The number of benzene rings is 1. The molecule has 1 aliphatic carbocycles. The molecule has 7 heteroatoms. The Morgan fingerprint density at radius 1 is 1.41 bits per heavy atom. The number of anilines is 2. The smallest absolute Gasteiger partial charge is 0.250 e. The van der Waals surface area contributed by atoms with E-state index in [9.17, 15) is 9.18 Å². The van der Waals surface area contributed by atoms with E-state index < -0.39 is 11.7 Å². The normalized spacial score (nSPS) is 26.3. The van der Waals surface area contributed by atoms with Crippen molar-refractivity contribution < 1.29 is 9.18 Å². The number of carbonyl (C=O) groups excluding carboxylic acids is 1. The standard InChI is InChI=1S/C20H26FN5O/c1-11(22)16(20(2)5-6-26(10-20)9-12-3-4-12)19-24-15-8-13(21)7-14(18(23)27)17(15)25-19/h7-8,12,22,24-25H,3-6,9-10H2,1-2H3,(H2,23,27)/b19-16+,22-11?. The van der Waals surface area contributed by atoms with Crippen LogP contribution in [0.25, 0.3) is 0 Å². The van der Waals surface area contributed by atoms with Crippen LogP contribution in [0, 0.1) is 22.6 Å². The minimum Gasteiger partial charge on any atom is -0.366 e. The molecule has 0 spiro atoms. The van der Waals surface area contributed by atoms with Crippen LogP contribution in [0.3, 0.4) is 0 Å². The Morgan fingerprint density at radius 3 is 2.78 bits per heavy atom. The first-order valence-corrected chi connectivity index (χ1v) is 9.47. The van der Waals surface area contributed by atoms with E-state index in [0.717, 1.165) is 43.6 Å². The molecule has 1 unspecified atom stereocenters. The van der Waals surface area contributed by atoms with E-state index in [1.54, 1.807) is 6.92 Å². The number of nitrogens with one attached hydrogen (secondary N) is 3. The van der Waals surface area contributed by atoms with Crippen molar-refractivity contribution in [3.63, 3.8) is 0 Å². The first-order chi connectivity index (χ1) is 12.8. The number of carbonyl (C=O) groups is 1. The molecule has 0 radical (unpaired) electrons. The Labute approximate surface area is 158 Å². The molecule has 1 atom stereocenters. The molecule has 1 aromatic carbocycles. The SMILES string of the molecule is CC(=N)/C(=C1/Nc2cc(F)cc(C(N)=O)c2N1)C1(C)CCN(CC2CC2)C1. The first kappa shape index (κ1) is 18.0. The van der Waals surface area contributed by atoms with E-state index in [2.05, 4.69) is 22.5 Å². The Morgan fingerprint density at radius 2 is 2.15 bits per heavy atom. The largest absolute Gasteiger partial charge is 0.366 e. The van der Waals surface area contributed by atoms with Crippen LogP contribution in [0.1, 0.15) is 43.5 Å². The first-order valence-electron chi connectivity index (χ1n) is 9.47. The summed E-state index contributed by atoms with van der Waals surface area (Å²) >= 11 is 0. The molecular formula is C20H26FN5O. The molecule has 2 heterocycles. The summed E-state index contributed by atoms with van der Waals surface area (Å²) in [6.45, 7) is 7.01. The van der Waals surface area contributed by atoms with Crippen LogP contribution in [-0.2, 0) is 0 Å². The summed E-state index contributed by atoms with van der Waals surface area (Å²) in [6.07, 6.45) is 3.61. The zero-order valence-electron chi connectivity index (χ0n) is 15.8. The summed E-state index contributed by atoms with van der Waals surface area (Å²) in [7, 11) is 0. The van der Waals surface area contributed by atoms with Crippen LogP contribution in [-0.4, -0.2) is 36.2 Å². The van der Waals surface area contributed by atoms with Gasteiger partial charge in [0.25, 0.3) is 5.91 Å². The Kier molecular flexibility index (Phi) is 4.22. The van der Waals surface area contributed by atoms with Gasteiger partial charge in [-0.1, -0.05) is 6.92 Å². The van der Waals surface area contributed by atoms with E-state index >= 15 is 0 Å². The Hall–Kier alpha value is -2.41. The number of hydrogen-bond acceptors (Lipinski definition) is 5. The van der Waals surface area contributed by atoms with Gasteiger partial charge in [-0.15, -0.1) is 0 Å². The number of nitrogens with zero attached hydrogens (tertiary/aromatic N) is 1. The fourth-order valence-corrected chi connectivity index (χ4v) is 4.47. The van der Waals surface area contributed by atoms with Gasteiger partial charge in [-0.3, -0.25) is 4.79 Å². The maximum atomic E-state index is 13.9. The molecule has 2 fully saturated rings. The van der Waals surface area contributed by atoms with E-state index in [1.807, 2.05) is 0 Å². The molecule has 3 aliphatic rings. The lowest BCUT2D eigenvalue weighted by Gasteiger charge is -2.29. The third-order valence-corrected chi connectivity index (χ3v) is 5.87. The Bertz CT molecular complexity index is 860. The molecule has 1 saturated heterocycles. The molecule has 0 aromatic heterocycles. The minimum atomic E-state index is -0.683. The molecule has 27 heavy (non-hydrogen) atoms. The van der Waals surface area contributed by atoms with E-state index in [-0.39, 0.29) is 11.0 Å². The molecule has 0 bridgehead atoms. The molecule has 2 aliphatic heterocycles. The zero-order chi connectivity index (χ0) is 19.3. The van der Waals surface area contributed by atoms with E-state index in [4.69, 9.17) is 11.1 Å². The van der Waals surface area contributed by atoms with Crippen LogP contribution in [0.5, 0.6) is 0 Å². The molecular weight excluding hydrogens is 345 g/mol. The molecule has 1 amide bonds. The lowest BCUT2D eigenvalue weighted by molar-refractivity contribution is 0.100. The summed E-state index contributed by atoms with van der Waals surface area (Å²) < 4.78 is 13.9. The quantitative estimate of drug-likeness (QED) is 0.598. The van der Waals surface area contributed by atoms with Gasteiger partial charge < -0.3 is 26.7 Å². The topological polar surface area (TPSA) is 94.2 Å². The van der Waals surface area contributed by atoms with Crippen molar-refractivity contribution >= 4 is 23.0 Å². The number of likely N-dealkylation sites (tertiary alicyclic amines) is 1. The van der Waals surface area contributed by atoms with Crippen LogP contribution >= 0.6 is 0 Å². The zero-order valence-corrected chi connectivity index (χ0v) is 15.8. The van der Waals surface area contributed by atoms with Crippen molar-refractivity contribution in [2.45, 2.75) is 33.1 Å². The van der Waals surface area contributed by atoms with Crippen LogP contribution < -0.4 is 16.4 Å². The average molecular weight is 371 g/mol. The minimum absolute atomic E-state index is 0.112. The number of nitrogens with two attached hydrogens (primary N) is 1. The van der Waals surface area contributed by atoms with Crippen molar-refractivity contribution in [3.8, 4) is 0 Å². The summed E-state index contributed by atoms with van der Waals surface area (Å²) in [6, 6.07) is 2.49. The van der Waals surface area contributed by atoms with Gasteiger partial charge in [0.15, 0.2) is 0 Å². The summed E-state index contributed by atoms with van der Waals surface area (Å²) in [5, 5.41) is 14.8. The van der Waals surface area contributed by atoms with Gasteiger partial charge in [-0.25, -0.2) is 4.39 Å². The second-order valence-electron chi connectivity index (χ2n) is 8.35. The summed E-state index contributed by atoms with van der Waals surface area (Å²) in [5.74, 6) is 0.282. The average Bonchev–Trinajstić information content (AvgIpc) is 3.17. The third-order valence-electron chi connectivity index (χ3n) is 5.87. The maximum Gasteiger partial charge on any atom is 0.250 e. The number of fused-ring (bicyclic) bond motifs is 1. The number of rotatable bonds is 5. The predicted octanol–water partition coefficient (Wildman–Crippen LogP) is 3.14. The highest BCUT2D eigenvalue weighted by molar-refractivity contribution is 6.05. The van der Waals surface area contributed by atoms with Gasteiger partial charge in [0.05, 0.1) is 16.9 Å². The fourth-order valence-electron chi connectivity index (χ4n) is 4.47. The second kappa shape index (κ2) is 6.34. The molecule has 1 aromatic rings. The van der Waals surface area contributed by atoms with Crippen molar-refractivity contribution in [1.82, 2.24) is 4.90 Å². The van der Waals surface area contributed by atoms with Gasteiger partial charge in [0.2, 0.25) is 0 Å². The number of primary amides is 1. The maximum absolute atomic E-state index is 13.9. The van der Waals surface area contributed by atoms with Crippen LogP contribution in [0.4, 0.5) is 15.8 Å². The van der Waals surface area contributed by atoms with E-state index in [1.165, 1.54) is 18.9 Å². The molecule has 5 N–H and O–H groups in total. The highest BCUT2D eigenvalue weighted by atomic mass is 19.1. The second-order valence-corrected chi connectivity index (χ2v) is 8.35. The van der Waals surface area contributed by atoms with Gasteiger partial charge >= 0.3 is 0 Å². The van der Waals surface area contributed by atoms with Gasteiger partial charge in [-0.2, -0.15) is 0 Å². The fraction of sp³-hybridized carbons (Fsp3) is 0.500. The molecule has 6 nitrogen and oxygen atoms in total. The summed E-state index contributed by atoms with van der Waals surface area (Å²) in [5.41, 5.74) is 7.66. The Balaban J connectivity index is 1.68. The molecule has 1 saturated carbocycles. The number of amides is 1. The third kappa shape index (κ3) is 3.32. The van der Waals surface area contributed by atoms with Crippen molar-refractivity contribution in [1.29, 1.82) is 5.41 Å². The van der Waals surface area contributed by atoms with Gasteiger partial charge in [0.1, 0.15) is 11.6 Å². The van der Waals surface area contributed by atoms with Crippen molar-refractivity contribution in [2.24, 2.45) is 17.1 Å². The van der Waals surface area contributed by atoms with Crippen LogP contribution in [0.2, 0.25) is 0 Å². The van der Waals surface area contributed by atoms with Gasteiger partial charge in [-0.05, 0) is 50.8 Å². The predicted molar refractivity (Wildman–Crippen MR) is 104 cm³/mol. The molecule has 4 rings (SSSR count). The van der Waals surface area contributed by atoms with Crippen LogP contribution in [0.15, 0.2) is 23.5 Å². The lowest BCUT2D eigenvalue weighted by Crippen LogP contribution is -2.32. The highest BCUT2D eigenvalue weighted by Crippen LogP contribution is 2.44. The lowest BCUT2D eigenvalue weighted by atomic mass is 9.79. The summed E-state index contributed by atoms with van der Waals surface area (Å²) in [4.78, 5) is 14.2. The number of hydrogen-bond donors (Lipinski definition) is 4. The monoisotopic (exact) mass is 371 g/mol.